The van der Waals surface area contributed by atoms with Gasteiger partial charge in [0.1, 0.15) is 5.82 Å². The average Bonchev–Trinajstić information content (AvgIpc) is 2.28. The first-order valence-corrected chi connectivity index (χ1v) is 7.22. The van der Waals surface area contributed by atoms with E-state index in [4.69, 9.17) is 0 Å². The van der Waals surface area contributed by atoms with Gasteiger partial charge in [0.05, 0.1) is 4.90 Å². The van der Waals surface area contributed by atoms with Gasteiger partial charge in [-0.2, -0.15) is 0 Å². The molecule has 18 heavy (non-hydrogen) atoms. The third-order valence-electron chi connectivity index (χ3n) is 2.51. The molecule has 0 aliphatic heterocycles. The molecule has 0 aromatic heterocycles. The predicted octanol–water partition coefficient (Wildman–Crippen LogP) is 1.36. The summed E-state index contributed by atoms with van der Waals surface area (Å²) in [5, 5.41) is 0. The average molecular weight is 274 g/mol. The van der Waals surface area contributed by atoms with E-state index >= 15 is 0 Å². The van der Waals surface area contributed by atoms with Crippen LogP contribution < -0.4 is 4.72 Å². The van der Waals surface area contributed by atoms with Crippen molar-refractivity contribution >= 4 is 10.0 Å². The highest BCUT2D eigenvalue weighted by atomic mass is 32.2. The van der Waals surface area contributed by atoms with E-state index in [1.54, 1.807) is 6.92 Å². The molecule has 0 atom stereocenters. The van der Waals surface area contributed by atoms with E-state index in [0.29, 0.717) is 12.1 Å². The van der Waals surface area contributed by atoms with Crippen LogP contribution in [0.15, 0.2) is 23.1 Å². The molecule has 1 N–H and O–H groups in total. The Hall–Kier alpha value is -0.980. The van der Waals surface area contributed by atoms with Gasteiger partial charge in [0, 0.05) is 6.54 Å². The van der Waals surface area contributed by atoms with Crippen molar-refractivity contribution in [2.24, 2.45) is 0 Å². The molecule has 6 heteroatoms. The lowest BCUT2D eigenvalue weighted by Crippen LogP contribution is -2.27. The van der Waals surface area contributed by atoms with Crippen molar-refractivity contribution < 1.29 is 12.8 Å². The van der Waals surface area contributed by atoms with Crippen LogP contribution in [-0.4, -0.2) is 40.5 Å². The van der Waals surface area contributed by atoms with Crippen LogP contribution in [-0.2, 0) is 10.0 Å². The number of rotatable bonds is 6. The molecule has 1 aromatic carbocycles. The molecular formula is C12H19FN2O2S. The van der Waals surface area contributed by atoms with Crippen molar-refractivity contribution in [2.75, 3.05) is 27.2 Å². The standard InChI is InChI=1S/C12H19FN2O2S/c1-10-9-11(5-6-12(10)13)18(16,17)14-7-4-8-15(2)3/h5-6,9,14H,4,7-8H2,1-3H3. The molecule has 0 heterocycles. The summed E-state index contributed by atoms with van der Waals surface area (Å²) < 4.78 is 39.3. The highest BCUT2D eigenvalue weighted by Crippen LogP contribution is 2.13. The summed E-state index contributed by atoms with van der Waals surface area (Å²) in [5.74, 6) is -0.401. The summed E-state index contributed by atoms with van der Waals surface area (Å²) in [7, 11) is 0.324. The van der Waals surface area contributed by atoms with Crippen molar-refractivity contribution in [2.45, 2.75) is 18.2 Å². The number of halogens is 1. The Morgan fingerprint density at radius 3 is 2.56 bits per heavy atom. The van der Waals surface area contributed by atoms with Gasteiger partial charge >= 0.3 is 0 Å². The molecule has 0 spiro atoms. The first-order chi connectivity index (χ1) is 8.33. The van der Waals surface area contributed by atoms with Gasteiger partial charge in [-0.25, -0.2) is 17.5 Å². The molecule has 1 rings (SSSR count). The van der Waals surface area contributed by atoms with Crippen molar-refractivity contribution in [3.63, 3.8) is 0 Å². The molecule has 0 bridgehead atoms. The molecule has 0 fully saturated rings. The summed E-state index contributed by atoms with van der Waals surface area (Å²) in [6, 6.07) is 3.78. The molecule has 1 aromatic rings. The van der Waals surface area contributed by atoms with Crippen LogP contribution in [0.25, 0.3) is 0 Å². The quantitative estimate of drug-likeness (QED) is 0.797. The summed E-state index contributed by atoms with van der Waals surface area (Å²) in [5.41, 5.74) is 0.325. The largest absolute Gasteiger partial charge is 0.309 e. The molecule has 0 saturated heterocycles. The molecule has 0 amide bonds. The first-order valence-electron chi connectivity index (χ1n) is 5.73. The van der Waals surface area contributed by atoms with Gasteiger partial charge in [0.15, 0.2) is 0 Å². The van der Waals surface area contributed by atoms with E-state index in [1.807, 2.05) is 19.0 Å². The Morgan fingerprint density at radius 1 is 1.33 bits per heavy atom. The summed E-state index contributed by atoms with van der Waals surface area (Å²) >= 11 is 0. The number of nitrogens with one attached hydrogen (secondary N) is 1. The zero-order valence-corrected chi connectivity index (χ0v) is 11.7. The van der Waals surface area contributed by atoms with Gasteiger partial charge in [-0.05, 0) is 57.7 Å². The lowest BCUT2D eigenvalue weighted by molar-refractivity contribution is 0.400. The Balaban J connectivity index is 2.66. The van der Waals surface area contributed by atoms with Gasteiger partial charge in [0.2, 0.25) is 10.0 Å². The minimum atomic E-state index is -3.53. The van der Waals surface area contributed by atoms with Crippen molar-refractivity contribution in [3.8, 4) is 0 Å². The molecule has 4 nitrogen and oxygen atoms in total. The van der Waals surface area contributed by atoms with Gasteiger partial charge < -0.3 is 4.90 Å². The molecule has 0 unspecified atom stereocenters. The topological polar surface area (TPSA) is 49.4 Å². The maximum absolute atomic E-state index is 13.1. The Labute approximate surface area is 108 Å². The van der Waals surface area contributed by atoms with Crippen LogP contribution in [0, 0.1) is 12.7 Å². The number of hydrogen-bond acceptors (Lipinski definition) is 3. The Kier molecular flexibility index (Phi) is 5.25. The molecule has 102 valence electrons. The minimum absolute atomic E-state index is 0.103. The van der Waals surface area contributed by atoms with E-state index in [-0.39, 0.29) is 4.90 Å². The van der Waals surface area contributed by atoms with E-state index in [1.165, 1.54) is 18.2 Å². The van der Waals surface area contributed by atoms with Crippen LogP contribution in [0.5, 0.6) is 0 Å². The third kappa shape index (κ3) is 4.36. The summed E-state index contributed by atoms with van der Waals surface area (Å²) in [4.78, 5) is 2.09. The fourth-order valence-corrected chi connectivity index (χ4v) is 2.63. The highest BCUT2D eigenvalue weighted by Gasteiger charge is 2.14. The molecular weight excluding hydrogens is 255 g/mol. The van der Waals surface area contributed by atoms with E-state index < -0.39 is 15.8 Å². The fraction of sp³-hybridized carbons (Fsp3) is 0.500. The van der Waals surface area contributed by atoms with E-state index in [2.05, 4.69) is 4.72 Å². The lowest BCUT2D eigenvalue weighted by Gasteiger charge is -2.10. The van der Waals surface area contributed by atoms with E-state index in [0.717, 1.165) is 13.0 Å². The number of nitrogens with zero attached hydrogens (tertiary/aromatic N) is 1. The zero-order chi connectivity index (χ0) is 13.8. The third-order valence-corrected chi connectivity index (χ3v) is 3.97. The summed E-state index contributed by atoms with van der Waals surface area (Å²) in [6.45, 7) is 2.72. The monoisotopic (exact) mass is 274 g/mol. The fourth-order valence-electron chi connectivity index (χ4n) is 1.47. The van der Waals surface area contributed by atoms with Crippen LogP contribution in [0.1, 0.15) is 12.0 Å². The number of benzene rings is 1. The van der Waals surface area contributed by atoms with Crippen molar-refractivity contribution in [1.82, 2.24) is 9.62 Å². The van der Waals surface area contributed by atoms with Crippen LogP contribution in [0.2, 0.25) is 0 Å². The Bertz CT molecular complexity index is 501. The lowest BCUT2D eigenvalue weighted by atomic mass is 10.2. The van der Waals surface area contributed by atoms with Crippen LogP contribution in [0.4, 0.5) is 4.39 Å². The van der Waals surface area contributed by atoms with Crippen molar-refractivity contribution in [1.29, 1.82) is 0 Å². The predicted molar refractivity (Wildman–Crippen MR) is 69.5 cm³/mol. The molecule has 0 saturated carbocycles. The minimum Gasteiger partial charge on any atom is -0.309 e. The first kappa shape index (κ1) is 15.1. The Morgan fingerprint density at radius 2 is 2.00 bits per heavy atom. The van der Waals surface area contributed by atoms with Gasteiger partial charge in [0.25, 0.3) is 0 Å². The zero-order valence-electron chi connectivity index (χ0n) is 10.9. The smallest absolute Gasteiger partial charge is 0.240 e. The number of aryl methyl sites for hydroxylation is 1. The van der Waals surface area contributed by atoms with Crippen molar-refractivity contribution in [3.05, 3.63) is 29.6 Å². The molecule has 0 aliphatic rings. The van der Waals surface area contributed by atoms with E-state index in [9.17, 15) is 12.8 Å². The maximum atomic E-state index is 13.1. The highest BCUT2D eigenvalue weighted by molar-refractivity contribution is 7.89. The number of hydrogen-bond donors (Lipinski definition) is 1. The SMILES string of the molecule is Cc1cc(S(=O)(=O)NCCCN(C)C)ccc1F. The van der Waals surface area contributed by atoms with Gasteiger partial charge in [-0.3, -0.25) is 0 Å². The summed E-state index contributed by atoms with van der Waals surface area (Å²) in [6.07, 6.45) is 0.729. The number of sulfonamides is 1. The van der Waals surface area contributed by atoms with Gasteiger partial charge in [-0.15, -0.1) is 0 Å². The second-order valence-corrected chi connectivity index (χ2v) is 6.23. The second kappa shape index (κ2) is 6.26. The van der Waals surface area contributed by atoms with Crippen LogP contribution >= 0.6 is 0 Å². The van der Waals surface area contributed by atoms with Crippen LogP contribution in [0.3, 0.4) is 0 Å². The molecule has 0 radical (unpaired) electrons. The normalized spacial score (nSPS) is 12.1. The van der Waals surface area contributed by atoms with Gasteiger partial charge in [-0.1, -0.05) is 0 Å². The second-order valence-electron chi connectivity index (χ2n) is 4.47. The molecule has 0 aliphatic carbocycles. The maximum Gasteiger partial charge on any atom is 0.240 e.